The lowest BCUT2D eigenvalue weighted by Gasteiger charge is -2.07. The smallest absolute Gasteiger partial charge is 0.271 e. The van der Waals surface area contributed by atoms with Crippen LogP contribution in [0.15, 0.2) is 59.7 Å². The minimum absolute atomic E-state index is 0.160. The van der Waals surface area contributed by atoms with Crippen LogP contribution in [0.25, 0.3) is 0 Å². The molecule has 1 amide bonds. The molecule has 0 bridgehead atoms. The van der Waals surface area contributed by atoms with Crippen LogP contribution in [0.4, 0.5) is 0 Å². The normalized spacial score (nSPS) is 14.5. The van der Waals surface area contributed by atoms with E-state index in [1.54, 1.807) is 0 Å². The maximum Gasteiger partial charge on any atom is 0.271 e. The van der Waals surface area contributed by atoms with Crippen LogP contribution in [0.2, 0.25) is 0 Å². The van der Waals surface area contributed by atoms with Crippen LogP contribution in [0.5, 0.6) is 5.75 Å². The maximum atomic E-state index is 12.2. The van der Waals surface area contributed by atoms with Crippen molar-refractivity contribution in [2.45, 2.75) is 45.1 Å². The number of carbonyl (C=O) groups excluding carboxylic acids is 1. The van der Waals surface area contributed by atoms with Crippen molar-refractivity contribution in [3.8, 4) is 5.75 Å². The number of para-hydroxylation sites is 1. The van der Waals surface area contributed by atoms with Crippen molar-refractivity contribution in [2.24, 2.45) is 5.10 Å². The summed E-state index contributed by atoms with van der Waals surface area (Å²) in [6.07, 6.45) is 6.86. The summed E-state index contributed by atoms with van der Waals surface area (Å²) in [5, 5.41) is 4.31. The first-order valence-corrected chi connectivity index (χ1v) is 8.94. The van der Waals surface area contributed by atoms with Crippen LogP contribution >= 0.6 is 0 Å². The van der Waals surface area contributed by atoms with Gasteiger partial charge in [0.25, 0.3) is 5.91 Å². The predicted molar refractivity (Wildman–Crippen MR) is 99.8 cm³/mol. The first-order valence-electron chi connectivity index (χ1n) is 8.94. The molecule has 0 aromatic heterocycles. The molecule has 0 atom stereocenters. The van der Waals surface area contributed by atoms with E-state index >= 15 is 0 Å². The van der Waals surface area contributed by atoms with E-state index in [9.17, 15) is 4.79 Å². The van der Waals surface area contributed by atoms with Crippen molar-refractivity contribution in [3.05, 3.63) is 65.7 Å². The molecular formula is C21H24N2O2. The minimum atomic E-state index is -0.160. The van der Waals surface area contributed by atoms with E-state index in [1.807, 2.05) is 54.6 Å². The summed E-state index contributed by atoms with van der Waals surface area (Å²) in [6.45, 7) is 0.480. The second-order valence-corrected chi connectivity index (χ2v) is 6.33. The zero-order valence-electron chi connectivity index (χ0n) is 14.4. The van der Waals surface area contributed by atoms with Crippen molar-refractivity contribution in [2.75, 3.05) is 0 Å². The average molecular weight is 336 g/mol. The molecule has 0 heterocycles. The third-order valence-electron chi connectivity index (χ3n) is 4.36. The SMILES string of the molecule is O=C(NN=C1CCCCCC1)c1ccc(COc2ccccc2)cc1. The summed E-state index contributed by atoms with van der Waals surface area (Å²) < 4.78 is 5.71. The van der Waals surface area contributed by atoms with Crippen molar-refractivity contribution < 1.29 is 9.53 Å². The Morgan fingerprint density at radius 1 is 0.920 bits per heavy atom. The molecule has 0 radical (unpaired) electrons. The molecular weight excluding hydrogens is 312 g/mol. The zero-order chi connectivity index (χ0) is 17.3. The molecule has 25 heavy (non-hydrogen) atoms. The predicted octanol–water partition coefficient (Wildman–Crippen LogP) is 4.71. The van der Waals surface area contributed by atoms with Crippen molar-refractivity contribution in [1.29, 1.82) is 0 Å². The van der Waals surface area contributed by atoms with Crippen molar-refractivity contribution >= 4 is 11.6 Å². The van der Waals surface area contributed by atoms with Gasteiger partial charge in [0.1, 0.15) is 12.4 Å². The van der Waals surface area contributed by atoms with Gasteiger partial charge in [-0.1, -0.05) is 43.2 Å². The van der Waals surface area contributed by atoms with Crippen LogP contribution in [0, 0.1) is 0 Å². The second kappa shape index (κ2) is 9.02. The lowest BCUT2D eigenvalue weighted by molar-refractivity contribution is 0.0954. The van der Waals surface area contributed by atoms with Gasteiger partial charge in [0.15, 0.2) is 0 Å². The molecule has 0 saturated heterocycles. The van der Waals surface area contributed by atoms with E-state index in [-0.39, 0.29) is 5.91 Å². The lowest BCUT2D eigenvalue weighted by atomic mass is 10.1. The van der Waals surface area contributed by atoms with Gasteiger partial charge in [-0.25, -0.2) is 5.43 Å². The summed E-state index contributed by atoms with van der Waals surface area (Å²) in [6, 6.07) is 17.1. The summed E-state index contributed by atoms with van der Waals surface area (Å²) in [5.41, 5.74) is 5.44. The highest BCUT2D eigenvalue weighted by Gasteiger charge is 2.08. The number of nitrogens with one attached hydrogen (secondary N) is 1. The molecule has 2 aromatic carbocycles. The summed E-state index contributed by atoms with van der Waals surface area (Å²) in [5.74, 6) is 0.677. The Balaban J connectivity index is 1.52. The standard InChI is InChI=1S/C21H24N2O2/c24-21(23-22-19-8-4-1-2-5-9-19)18-14-12-17(13-15-18)16-25-20-10-6-3-7-11-20/h3,6-7,10-15H,1-2,4-5,8-9,16H2,(H,23,24). The highest BCUT2D eigenvalue weighted by atomic mass is 16.5. The summed E-state index contributed by atoms with van der Waals surface area (Å²) in [7, 11) is 0. The van der Waals surface area contributed by atoms with E-state index in [1.165, 1.54) is 25.7 Å². The number of ether oxygens (including phenoxy) is 1. The second-order valence-electron chi connectivity index (χ2n) is 6.33. The molecule has 130 valence electrons. The monoisotopic (exact) mass is 336 g/mol. The van der Waals surface area contributed by atoms with Gasteiger partial charge in [0.05, 0.1) is 0 Å². The highest BCUT2D eigenvalue weighted by molar-refractivity contribution is 5.95. The summed E-state index contributed by atoms with van der Waals surface area (Å²) >= 11 is 0. The highest BCUT2D eigenvalue weighted by Crippen LogP contribution is 2.15. The maximum absolute atomic E-state index is 12.2. The molecule has 4 heteroatoms. The number of carbonyl (C=O) groups is 1. The Morgan fingerprint density at radius 3 is 2.28 bits per heavy atom. The van der Waals surface area contributed by atoms with Gasteiger partial charge in [0.2, 0.25) is 0 Å². The Kier molecular flexibility index (Phi) is 6.21. The topological polar surface area (TPSA) is 50.7 Å². The first-order chi connectivity index (χ1) is 12.3. The molecule has 0 aliphatic heterocycles. The molecule has 1 fully saturated rings. The number of hydrogen-bond acceptors (Lipinski definition) is 3. The van der Waals surface area contributed by atoms with E-state index in [0.717, 1.165) is 29.9 Å². The van der Waals surface area contributed by atoms with Gasteiger partial charge in [0, 0.05) is 11.3 Å². The minimum Gasteiger partial charge on any atom is -0.489 e. The Morgan fingerprint density at radius 2 is 1.60 bits per heavy atom. The van der Waals surface area contributed by atoms with Crippen molar-refractivity contribution in [1.82, 2.24) is 5.43 Å². The summed E-state index contributed by atoms with van der Waals surface area (Å²) in [4.78, 5) is 12.2. The van der Waals surface area contributed by atoms with Gasteiger partial charge in [-0.05, 0) is 55.5 Å². The Hall–Kier alpha value is -2.62. The van der Waals surface area contributed by atoms with Gasteiger partial charge in [-0.15, -0.1) is 0 Å². The lowest BCUT2D eigenvalue weighted by Crippen LogP contribution is -2.19. The first kappa shape index (κ1) is 17.2. The molecule has 0 unspecified atom stereocenters. The van der Waals surface area contributed by atoms with Crippen LogP contribution in [0.1, 0.15) is 54.4 Å². The molecule has 4 nitrogen and oxygen atoms in total. The fourth-order valence-electron chi connectivity index (χ4n) is 2.88. The quantitative estimate of drug-likeness (QED) is 0.635. The molecule has 3 rings (SSSR count). The number of rotatable bonds is 5. The van der Waals surface area contributed by atoms with Gasteiger partial charge >= 0.3 is 0 Å². The van der Waals surface area contributed by atoms with Crippen molar-refractivity contribution in [3.63, 3.8) is 0 Å². The van der Waals surface area contributed by atoms with Gasteiger partial charge < -0.3 is 4.74 Å². The Bertz CT molecular complexity index is 698. The molecule has 2 aromatic rings. The molecule has 1 aliphatic carbocycles. The fraction of sp³-hybridized carbons (Fsp3) is 0.333. The van der Waals surface area contributed by atoms with Crippen LogP contribution in [-0.2, 0) is 6.61 Å². The van der Waals surface area contributed by atoms with Crippen LogP contribution in [-0.4, -0.2) is 11.6 Å². The number of amides is 1. The number of hydrogen-bond donors (Lipinski definition) is 1. The largest absolute Gasteiger partial charge is 0.489 e. The van der Waals surface area contributed by atoms with E-state index < -0.39 is 0 Å². The van der Waals surface area contributed by atoms with Gasteiger partial charge in [-0.3, -0.25) is 4.79 Å². The zero-order valence-corrected chi connectivity index (χ0v) is 14.4. The van der Waals surface area contributed by atoms with Crippen LogP contribution in [0.3, 0.4) is 0 Å². The molecule has 1 N–H and O–H groups in total. The number of nitrogens with zero attached hydrogens (tertiary/aromatic N) is 1. The number of hydrazone groups is 1. The van der Waals surface area contributed by atoms with E-state index in [4.69, 9.17) is 4.74 Å². The molecule has 0 spiro atoms. The van der Waals surface area contributed by atoms with E-state index in [0.29, 0.717) is 12.2 Å². The third-order valence-corrected chi connectivity index (χ3v) is 4.36. The van der Waals surface area contributed by atoms with E-state index in [2.05, 4.69) is 10.5 Å². The molecule has 1 aliphatic rings. The Labute approximate surface area is 148 Å². The average Bonchev–Trinajstić information content (AvgIpc) is 2.94. The fourth-order valence-corrected chi connectivity index (χ4v) is 2.88. The van der Waals surface area contributed by atoms with Crippen LogP contribution < -0.4 is 10.2 Å². The molecule has 1 saturated carbocycles. The van der Waals surface area contributed by atoms with Gasteiger partial charge in [-0.2, -0.15) is 5.10 Å². The third kappa shape index (κ3) is 5.45. The number of benzene rings is 2.